The summed E-state index contributed by atoms with van der Waals surface area (Å²) >= 11 is 5.77. The van der Waals surface area contributed by atoms with E-state index in [4.69, 9.17) is 16.3 Å². The smallest absolute Gasteiger partial charge is 0.289 e. The summed E-state index contributed by atoms with van der Waals surface area (Å²) in [6, 6.07) is 5.10. The van der Waals surface area contributed by atoms with Crippen LogP contribution in [0.25, 0.3) is 0 Å². The molecule has 1 atom stereocenters. The lowest BCUT2D eigenvalue weighted by molar-refractivity contribution is -0.384. The topological polar surface area (TPSA) is 64.4 Å². The molecule has 1 heterocycles. The maximum atomic E-state index is 10.8. The number of nitro benzene ring substituents is 1. The molecular weight excluding hydrogens is 256 g/mol. The molecule has 1 N–H and O–H groups in total. The number of ether oxygens (including phenoxy) is 1. The van der Waals surface area contributed by atoms with Crippen LogP contribution in [0.15, 0.2) is 18.2 Å². The van der Waals surface area contributed by atoms with Gasteiger partial charge in [0.05, 0.1) is 4.92 Å². The van der Waals surface area contributed by atoms with Gasteiger partial charge in [0.2, 0.25) is 0 Å². The monoisotopic (exact) mass is 270 g/mol. The summed E-state index contributed by atoms with van der Waals surface area (Å²) in [6.45, 7) is 1.52. The summed E-state index contributed by atoms with van der Waals surface area (Å²) in [5.41, 5.74) is 0.671. The van der Waals surface area contributed by atoms with Gasteiger partial charge in [0.1, 0.15) is 5.02 Å². The molecule has 98 valence electrons. The van der Waals surface area contributed by atoms with Crippen molar-refractivity contribution < 1.29 is 9.66 Å². The molecule has 5 nitrogen and oxygen atoms in total. The lowest BCUT2D eigenvalue weighted by Gasteiger charge is -2.16. The minimum atomic E-state index is -0.469. The summed E-state index contributed by atoms with van der Waals surface area (Å²) in [7, 11) is 0. The SMILES string of the molecule is O=[N+]([O-])c1cc(NC2CCCOCC2)ccc1Cl. The molecule has 0 saturated carbocycles. The van der Waals surface area contributed by atoms with Gasteiger partial charge in [-0.15, -0.1) is 0 Å². The van der Waals surface area contributed by atoms with E-state index in [1.165, 1.54) is 6.07 Å². The lowest BCUT2D eigenvalue weighted by Crippen LogP contribution is -2.19. The zero-order valence-electron chi connectivity index (χ0n) is 9.89. The molecule has 0 aromatic heterocycles. The zero-order valence-corrected chi connectivity index (χ0v) is 10.7. The van der Waals surface area contributed by atoms with Gasteiger partial charge in [0.15, 0.2) is 0 Å². The highest BCUT2D eigenvalue weighted by molar-refractivity contribution is 6.32. The van der Waals surface area contributed by atoms with Crippen LogP contribution >= 0.6 is 11.6 Å². The summed E-state index contributed by atoms with van der Waals surface area (Å²) in [6.07, 6.45) is 2.93. The van der Waals surface area contributed by atoms with Crippen LogP contribution in [0, 0.1) is 10.1 Å². The number of hydrogen-bond donors (Lipinski definition) is 1. The van der Waals surface area contributed by atoms with Crippen molar-refractivity contribution in [3.05, 3.63) is 33.3 Å². The molecule has 1 saturated heterocycles. The predicted molar refractivity (Wildman–Crippen MR) is 70.2 cm³/mol. The Morgan fingerprint density at radius 3 is 3.00 bits per heavy atom. The number of nitrogens with one attached hydrogen (secondary N) is 1. The number of halogens is 1. The third kappa shape index (κ3) is 3.34. The second-order valence-corrected chi connectivity index (χ2v) is 4.72. The number of anilines is 1. The van der Waals surface area contributed by atoms with Gasteiger partial charge in [-0.25, -0.2) is 0 Å². The summed E-state index contributed by atoms with van der Waals surface area (Å²) < 4.78 is 5.37. The van der Waals surface area contributed by atoms with Gasteiger partial charge >= 0.3 is 0 Å². The normalized spacial score (nSPS) is 20.2. The third-order valence-electron chi connectivity index (χ3n) is 2.97. The maximum absolute atomic E-state index is 10.8. The first kappa shape index (κ1) is 13.1. The maximum Gasteiger partial charge on any atom is 0.289 e. The molecule has 1 aliphatic rings. The fourth-order valence-electron chi connectivity index (χ4n) is 2.03. The largest absolute Gasteiger partial charge is 0.382 e. The molecule has 0 aliphatic carbocycles. The Kier molecular flexibility index (Phi) is 4.38. The van der Waals surface area contributed by atoms with E-state index in [0.717, 1.165) is 38.2 Å². The number of benzene rings is 1. The molecule has 1 aromatic rings. The van der Waals surface area contributed by atoms with Gasteiger partial charge in [-0.05, 0) is 31.4 Å². The van der Waals surface area contributed by atoms with E-state index in [1.54, 1.807) is 12.1 Å². The van der Waals surface area contributed by atoms with Crippen LogP contribution in [0.3, 0.4) is 0 Å². The van der Waals surface area contributed by atoms with Gasteiger partial charge in [-0.2, -0.15) is 0 Å². The molecule has 6 heteroatoms. The molecule has 0 bridgehead atoms. The van der Waals surface area contributed by atoms with Crippen molar-refractivity contribution in [3.8, 4) is 0 Å². The van der Waals surface area contributed by atoms with Gasteiger partial charge < -0.3 is 10.1 Å². The molecule has 0 spiro atoms. The highest BCUT2D eigenvalue weighted by Gasteiger charge is 2.16. The summed E-state index contributed by atoms with van der Waals surface area (Å²) in [4.78, 5) is 10.3. The van der Waals surface area contributed by atoms with Crippen molar-refractivity contribution in [2.75, 3.05) is 18.5 Å². The van der Waals surface area contributed by atoms with E-state index in [1.807, 2.05) is 0 Å². The van der Waals surface area contributed by atoms with Crippen LogP contribution in [0.5, 0.6) is 0 Å². The van der Waals surface area contributed by atoms with E-state index >= 15 is 0 Å². The van der Waals surface area contributed by atoms with Crippen LogP contribution < -0.4 is 5.32 Å². The molecule has 1 fully saturated rings. The Hall–Kier alpha value is -1.33. The Bertz CT molecular complexity index is 431. The van der Waals surface area contributed by atoms with E-state index in [2.05, 4.69) is 5.32 Å². The van der Waals surface area contributed by atoms with Gasteiger partial charge in [0, 0.05) is 31.0 Å². The fraction of sp³-hybridized carbons (Fsp3) is 0.500. The van der Waals surface area contributed by atoms with Crippen LogP contribution in [0.1, 0.15) is 19.3 Å². The van der Waals surface area contributed by atoms with E-state index in [9.17, 15) is 10.1 Å². The first-order valence-corrected chi connectivity index (χ1v) is 6.33. The molecular formula is C12H15ClN2O3. The average Bonchev–Trinajstić information content (AvgIpc) is 2.60. The number of hydrogen-bond acceptors (Lipinski definition) is 4. The van der Waals surface area contributed by atoms with E-state index < -0.39 is 4.92 Å². The minimum absolute atomic E-state index is 0.0634. The molecule has 18 heavy (non-hydrogen) atoms. The van der Waals surface area contributed by atoms with Gasteiger partial charge in [0.25, 0.3) is 5.69 Å². The molecule has 0 radical (unpaired) electrons. The third-order valence-corrected chi connectivity index (χ3v) is 3.29. The molecule has 1 aromatic carbocycles. The Morgan fingerprint density at radius 1 is 1.39 bits per heavy atom. The Morgan fingerprint density at radius 2 is 2.22 bits per heavy atom. The van der Waals surface area contributed by atoms with Crippen molar-refractivity contribution in [1.82, 2.24) is 0 Å². The Labute approximate surface area is 110 Å². The minimum Gasteiger partial charge on any atom is -0.382 e. The van der Waals surface area contributed by atoms with Crippen molar-refractivity contribution in [2.24, 2.45) is 0 Å². The van der Waals surface area contributed by atoms with Gasteiger partial charge in [-0.3, -0.25) is 10.1 Å². The van der Waals surface area contributed by atoms with Gasteiger partial charge in [-0.1, -0.05) is 11.6 Å². The van der Waals surface area contributed by atoms with Crippen molar-refractivity contribution in [3.63, 3.8) is 0 Å². The van der Waals surface area contributed by atoms with Crippen molar-refractivity contribution in [1.29, 1.82) is 0 Å². The van der Waals surface area contributed by atoms with E-state index in [0.29, 0.717) is 6.04 Å². The van der Waals surface area contributed by atoms with Crippen LogP contribution in [-0.2, 0) is 4.74 Å². The molecule has 1 aliphatic heterocycles. The van der Waals surface area contributed by atoms with E-state index in [-0.39, 0.29) is 10.7 Å². The predicted octanol–water partition coefficient (Wildman–Crippen LogP) is 3.23. The number of nitro groups is 1. The molecule has 2 rings (SSSR count). The van der Waals surface area contributed by atoms with Crippen LogP contribution in [0.2, 0.25) is 5.02 Å². The Balaban J connectivity index is 2.08. The lowest BCUT2D eigenvalue weighted by atomic mass is 10.1. The zero-order chi connectivity index (χ0) is 13.0. The molecule has 1 unspecified atom stereocenters. The number of rotatable bonds is 3. The van der Waals surface area contributed by atoms with Crippen molar-refractivity contribution in [2.45, 2.75) is 25.3 Å². The first-order valence-electron chi connectivity index (χ1n) is 5.95. The highest BCUT2D eigenvalue weighted by Crippen LogP contribution is 2.28. The quantitative estimate of drug-likeness (QED) is 0.676. The molecule has 0 amide bonds. The fourth-order valence-corrected chi connectivity index (χ4v) is 2.21. The van der Waals surface area contributed by atoms with Crippen LogP contribution in [0.4, 0.5) is 11.4 Å². The average molecular weight is 271 g/mol. The number of nitrogens with zero attached hydrogens (tertiary/aromatic N) is 1. The van der Waals surface area contributed by atoms with Crippen molar-refractivity contribution >= 4 is 23.0 Å². The standard InChI is InChI=1S/C12H15ClN2O3/c13-11-4-3-10(8-12(11)15(16)17)14-9-2-1-6-18-7-5-9/h3-4,8-9,14H,1-2,5-7H2. The summed E-state index contributed by atoms with van der Waals surface area (Å²) in [5.74, 6) is 0. The second kappa shape index (κ2) is 6.02. The summed E-state index contributed by atoms with van der Waals surface area (Å²) in [5, 5.41) is 14.3. The highest BCUT2D eigenvalue weighted by atomic mass is 35.5. The first-order chi connectivity index (χ1) is 8.66. The second-order valence-electron chi connectivity index (χ2n) is 4.31. The van der Waals surface area contributed by atoms with Crippen LogP contribution in [-0.4, -0.2) is 24.2 Å².